The number of nitrogens with one attached hydrogen (secondary N) is 3. The number of furan rings is 1. The Kier molecular flexibility index (Phi) is 7.25. The van der Waals surface area contributed by atoms with E-state index in [1.165, 1.54) is 49.2 Å². The Morgan fingerprint density at radius 2 is 0.825 bits per heavy atom. The predicted molar refractivity (Wildman–Crippen MR) is 233 cm³/mol. The molecule has 11 aromatic rings. The highest BCUT2D eigenvalue weighted by Gasteiger charge is 2.30. The van der Waals surface area contributed by atoms with Crippen molar-refractivity contribution in [1.82, 2.24) is 25.1 Å². The van der Waals surface area contributed by atoms with E-state index in [0.717, 1.165) is 44.4 Å². The quantitative estimate of drug-likeness (QED) is 0.165. The number of benzene rings is 8. The number of para-hydroxylation sites is 3. The largest absolute Gasteiger partial charge is 0.456 e. The van der Waals surface area contributed by atoms with Gasteiger partial charge in [-0.25, -0.2) is 0 Å². The van der Waals surface area contributed by atoms with Crippen molar-refractivity contribution in [1.29, 1.82) is 0 Å². The van der Waals surface area contributed by atoms with Crippen molar-refractivity contribution in [2.75, 3.05) is 0 Å². The summed E-state index contributed by atoms with van der Waals surface area (Å²) in [5, 5.41) is 18.6. The van der Waals surface area contributed by atoms with E-state index < -0.39 is 0 Å². The minimum atomic E-state index is -0.101. The molecule has 0 amide bonds. The highest BCUT2D eigenvalue weighted by molar-refractivity contribution is 6.25. The third-order valence-corrected chi connectivity index (χ3v) is 11.8. The second-order valence-corrected chi connectivity index (χ2v) is 15.1. The van der Waals surface area contributed by atoms with Crippen LogP contribution in [-0.2, 0) is 0 Å². The minimum Gasteiger partial charge on any atom is -0.456 e. The predicted octanol–water partition coefficient (Wildman–Crippen LogP) is 12.0. The molecule has 57 heavy (non-hydrogen) atoms. The van der Waals surface area contributed by atoms with E-state index >= 15 is 0 Å². The number of hydrogen-bond acceptors (Lipinski definition) is 4. The molecule has 0 aliphatic carbocycles. The van der Waals surface area contributed by atoms with E-state index in [1.807, 2.05) is 6.07 Å². The fourth-order valence-corrected chi connectivity index (χ4v) is 9.21. The Labute approximate surface area is 328 Å². The zero-order chi connectivity index (χ0) is 37.5. The molecule has 12 rings (SSSR count). The molecule has 1 aliphatic rings. The van der Waals surface area contributed by atoms with Crippen LogP contribution in [0.15, 0.2) is 192 Å². The van der Waals surface area contributed by atoms with Crippen molar-refractivity contribution < 1.29 is 4.42 Å². The maximum atomic E-state index is 6.53. The second kappa shape index (κ2) is 12.8. The monoisotopic (exact) mass is 735 g/mol. The van der Waals surface area contributed by atoms with Gasteiger partial charge in [-0.05, 0) is 59.2 Å². The maximum Gasteiger partial charge on any atom is 0.137 e. The van der Waals surface area contributed by atoms with Gasteiger partial charge < -0.3 is 13.6 Å². The van der Waals surface area contributed by atoms with E-state index in [2.05, 4.69) is 207 Å². The van der Waals surface area contributed by atoms with E-state index in [0.29, 0.717) is 0 Å². The first-order valence-corrected chi connectivity index (χ1v) is 19.6. The van der Waals surface area contributed by atoms with Gasteiger partial charge in [-0.15, -0.1) is 0 Å². The summed E-state index contributed by atoms with van der Waals surface area (Å²) in [4.78, 5) is 0. The lowest BCUT2D eigenvalue weighted by molar-refractivity contribution is 0.203. The molecule has 3 aromatic heterocycles. The third-order valence-electron chi connectivity index (χ3n) is 11.8. The van der Waals surface area contributed by atoms with Crippen molar-refractivity contribution >= 4 is 65.6 Å². The minimum absolute atomic E-state index is 0.0425. The molecule has 6 nitrogen and oxygen atoms in total. The van der Waals surface area contributed by atoms with E-state index in [1.54, 1.807) is 0 Å². The van der Waals surface area contributed by atoms with Crippen LogP contribution in [0.3, 0.4) is 0 Å². The molecule has 272 valence electrons. The first kappa shape index (κ1) is 32.3. The summed E-state index contributed by atoms with van der Waals surface area (Å²) in [6.07, 6.45) is -0.186. The standard InChI is InChI=1S/C51H37N5O/c1-4-14-32(15-5-1)49-52-50(33-16-6-2-7-17-33)54-51(53-49)34-24-26-36(27-25-34)56-44-31-46-42(38-21-11-13-23-45(38)57-46)30-41(44)40-29-28-39-37-20-10-12-22-43(37)55(47(39)48(40)56)35-18-8-3-9-19-35/h1-31,49-54H. The van der Waals surface area contributed by atoms with Gasteiger partial charge in [0.05, 0.1) is 40.6 Å². The Morgan fingerprint density at radius 3 is 1.47 bits per heavy atom. The molecule has 4 heterocycles. The molecule has 0 bridgehead atoms. The number of aromatic nitrogens is 2. The number of fused-ring (bicyclic) bond motifs is 10. The molecule has 2 atom stereocenters. The molecule has 0 saturated carbocycles. The SMILES string of the molecule is c1ccc(C2NC(c3ccccc3)NC(c3ccc(-n4c5cc6oc7ccccc7c6cc5c5ccc6c7ccccc7n(-c7ccccc7)c6c54)cc3)N2)cc1. The number of nitrogens with zero attached hydrogens (tertiary/aromatic N) is 2. The zero-order valence-electron chi connectivity index (χ0n) is 30.9. The fraction of sp³-hybridized carbons (Fsp3) is 0.0588. The van der Waals surface area contributed by atoms with Crippen LogP contribution in [0.2, 0.25) is 0 Å². The van der Waals surface area contributed by atoms with Crippen LogP contribution >= 0.6 is 0 Å². The molecule has 2 unspecified atom stereocenters. The van der Waals surface area contributed by atoms with Gasteiger partial charge in [-0.3, -0.25) is 16.0 Å². The summed E-state index contributed by atoms with van der Waals surface area (Å²) >= 11 is 0. The first-order valence-electron chi connectivity index (χ1n) is 19.6. The van der Waals surface area contributed by atoms with Crippen LogP contribution in [0, 0.1) is 0 Å². The number of rotatable bonds is 5. The zero-order valence-corrected chi connectivity index (χ0v) is 30.9. The van der Waals surface area contributed by atoms with E-state index in [9.17, 15) is 0 Å². The lowest BCUT2D eigenvalue weighted by Crippen LogP contribution is -2.54. The van der Waals surface area contributed by atoms with Gasteiger partial charge in [-0.2, -0.15) is 0 Å². The Hall–Kier alpha value is -6.96. The van der Waals surface area contributed by atoms with Crippen LogP contribution in [0.4, 0.5) is 0 Å². The molecular weight excluding hydrogens is 699 g/mol. The van der Waals surface area contributed by atoms with E-state index in [4.69, 9.17) is 4.42 Å². The van der Waals surface area contributed by atoms with Crippen LogP contribution < -0.4 is 16.0 Å². The van der Waals surface area contributed by atoms with Gasteiger partial charge in [0.25, 0.3) is 0 Å². The Morgan fingerprint density at radius 1 is 0.333 bits per heavy atom. The third kappa shape index (κ3) is 5.09. The van der Waals surface area contributed by atoms with Crippen molar-refractivity contribution in [3.05, 3.63) is 205 Å². The highest BCUT2D eigenvalue weighted by Crippen LogP contribution is 2.44. The van der Waals surface area contributed by atoms with Gasteiger partial charge >= 0.3 is 0 Å². The molecule has 0 radical (unpaired) electrons. The van der Waals surface area contributed by atoms with Gasteiger partial charge in [0.1, 0.15) is 11.2 Å². The Bertz CT molecular complexity index is 3230. The van der Waals surface area contributed by atoms with Crippen molar-refractivity contribution in [2.24, 2.45) is 0 Å². The van der Waals surface area contributed by atoms with Crippen LogP contribution in [0.25, 0.3) is 76.9 Å². The highest BCUT2D eigenvalue weighted by atomic mass is 16.3. The summed E-state index contributed by atoms with van der Waals surface area (Å²) in [6.45, 7) is 0. The molecule has 6 heteroatoms. The molecular formula is C51H37N5O. The second-order valence-electron chi connectivity index (χ2n) is 15.1. The van der Waals surface area contributed by atoms with Gasteiger partial charge in [0, 0.05) is 49.8 Å². The van der Waals surface area contributed by atoms with Crippen LogP contribution in [0.1, 0.15) is 35.2 Å². The van der Waals surface area contributed by atoms with Gasteiger partial charge in [0.15, 0.2) is 0 Å². The molecule has 3 N–H and O–H groups in total. The fourth-order valence-electron chi connectivity index (χ4n) is 9.21. The number of hydrogen-bond donors (Lipinski definition) is 3. The maximum absolute atomic E-state index is 6.53. The molecule has 1 fully saturated rings. The normalized spacial score (nSPS) is 17.4. The Balaban J connectivity index is 1.09. The average Bonchev–Trinajstić information content (AvgIpc) is 3.93. The summed E-state index contributed by atoms with van der Waals surface area (Å²) in [5.41, 5.74) is 12.2. The molecule has 1 aliphatic heterocycles. The van der Waals surface area contributed by atoms with Gasteiger partial charge in [0.2, 0.25) is 0 Å². The van der Waals surface area contributed by atoms with Crippen molar-refractivity contribution in [2.45, 2.75) is 18.5 Å². The van der Waals surface area contributed by atoms with E-state index in [-0.39, 0.29) is 18.5 Å². The summed E-state index contributed by atoms with van der Waals surface area (Å²) in [7, 11) is 0. The topological polar surface area (TPSA) is 59.1 Å². The van der Waals surface area contributed by atoms with Crippen LogP contribution in [-0.4, -0.2) is 9.13 Å². The van der Waals surface area contributed by atoms with Crippen molar-refractivity contribution in [3.8, 4) is 11.4 Å². The smallest absolute Gasteiger partial charge is 0.137 e. The van der Waals surface area contributed by atoms with Crippen LogP contribution in [0.5, 0.6) is 0 Å². The molecule has 1 saturated heterocycles. The summed E-state index contributed by atoms with van der Waals surface area (Å²) < 4.78 is 11.4. The first-order chi connectivity index (χ1) is 28.3. The molecule has 8 aromatic carbocycles. The van der Waals surface area contributed by atoms with Gasteiger partial charge in [-0.1, -0.05) is 140 Å². The summed E-state index contributed by atoms with van der Waals surface area (Å²) in [6, 6.07) is 67.3. The average molecular weight is 736 g/mol. The lowest BCUT2D eigenvalue weighted by atomic mass is 10.0. The molecule has 0 spiro atoms. The lowest BCUT2D eigenvalue weighted by Gasteiger charge is -2.39. The summed E-state index contributed by atoms with van der Waals surface area (Å²) in [5.74, 6) is 0. The van der Waals surface area contributed by atoms with Crippen molar-refractivity contribution in [3.63, 3.8) is 0 Å².